The molecule has 0 spiro atoms. The van der Waals surface area contributed by atoms with Gasteiger partial charge >= 0.3 is 0 Å². The number of carbonyl (C=O) groups excluding carboxylic acids is 1. The number of nitrogens with one attached hydrogen (secondary N) is 1. The van der Waals surface area contributed by atoms with Gasteiger partial charge < -0.3 is 11.1 Å². The first-order chi connectivity index (χ1) is 8.97. The Balaban J connectivity index is 2.25. The summed E-state index contributed by atoms with van der Waals surface area (Å²) >= 11 is 6.69. The standard InChI is InChI=1S/C14H12Br2N2O/c1-8-2-4-10(15)7-13(8)18-14(19)9-3-5-11(16)12(17)6-9/h2-7H,17H2,1H3,(H,18,19). The fourth-order valence-corrected chi connectivity index (χ4v) is 2.22. The summed E-state index contributed by atoms with van der Waals surface area (Å²) in [5.41, 5.74) is 8.62. The Labute approximate surface area is 128 Å². The highest BCUT2D eigenvalue weighted by Crippen LogP contribution is 2.23. The fourth-order valence-electron chi connectivity index (χ4n) is 1.61. The Bertz CT molecular complexity index is 641. The van der Waals surface area contributed by atoms with Crippen LogP contribution in [0.2, 0.25) is 0 Å². The van der Waals surface area contributed by atoms with Gasteiger partial charge in [-0.3, -0.25) is 4.79 Å². The zero-order valence-electron chi connectivity index (χ0n) is 10.2. The van der Waals surface area contributed by atoms with Crippen molar-refractivity contribution in [1.82, 2.24) is 0 Å². The zero-order valence-corrected chi connectivity index (χ0v) is 13.4. The molecule has 3 nitrogen and oxygen atoms in total. The molecule has 5 heteroatoms. The van der Waals surface area contributed by atoms with Crippen molar-refractivity contribution < 1.29 is 4.79 Å². The van der Waals surface area contributed by atoms with Gasteiger partial charge in [-0.2, -0.15) is 0 Å². The van der Waals surface area contributed by atoms with Crippen LogP contribution in [0.4, 0.5) is 11.4 Å². The molecule has 0 unspecified atom stereocenters. The molecule has 19 heavy (non-hydrogen) atoms. The van der Waals surface area contributed by atoms with Crippen LogP contribution in [0.1, 0.15) is 15.9 Å². The Morgan fingerprint density at radius 1 is 1.16 bits per heavy atom. The van der Waals surface area contributed by atoms with E-state index in [2.05, 4.69) is 37.2 Å². The maximum Gasteiger partial charge on any atom is 0.255 e. The highest BCUT2D eigenvalue weighted by atomic mass is 79.9. The zero-order chi connectivity index (χ0) is 14.0. The van der Waals surface area contributed by atoms with E-state index in [4.69, 9.17) is 5.73 Å². The van der Waals surface area contributed by atoms with Gasteiger partial charge in [-0.05, 0) is 58.7 Å². The van der Waals surface area contributed by atoms with Gasteiger partial charge in [-0.15, -0.1) is 0 Å². The average molecular weight is 384 g/mol. The lowest BCUT2D eigenvalue weighted by Crippen LogP contribution is -2.13. The molecule has 0 atom stereocenters. The largest absolute Gasteiger partial charge is 0.398 e. The second-order valence-electron chi connectivity index (χ2n) is 4.15. The first-order valence-electron chi connectivity index (χ1n) is 5.60. The van der Waals surface area contributed by atoms with E-state index in [9.17, 15) is 4.79 Å². The molecule has 2 aromatic carbocycles. The number of halogens is 2. The molecule has 1 amide bonds. The average Bonchev–Trinajstić information content (AvgIpc) is 2.37. The third kappa shape index (κ3) is 3.36. The Hall–Kier alpha value is -1.33. The third-order valence-corrected chi connectivity index (χ3v) is 3.92. The molecule has 0 heterocycles. The molecule has 0 aliphatic heterocycles. The van der Waals surface area contributed by atoms with Crippen LogP contribution in [0.25, 0.3) is 0 Å². The number of anilines is 2. The lowest BCUT2D eigenvalue weighted by atomic mass is 10.1. The van der Waals surface area contributed by atoms with E-state index in [1.165, 1.54) is 0 Å². The highest BCUT2D eigenvalue weighted by molar-refractivity contribution is 9.10. The number of nitrogens with two attached hydrogens (primary N) is 1. The molecule has 0 bridgehead atoms. The van der Waals surface area contributed by atoms with Crippen LogP contribution in [-0.4, -0.2) is 5.91 Å². The summed E-state index contributed by atoms with van der Waals surface area (Å²) in [6.07, 6.45) is 0. The predicted molar refractivity (Wildman–Crippen MR) is 85.4 cm³/mol. The molecule has 0 saturated carbocycles. The number of hydrogen-bond donors (Lipinski definition) is 2. The summed E-state index contributed by atoms with van der Waals surface area (Å²) in [5.74, 6) is -0.180. The molecule has 98 valence electrons. The van der Waals surface area contributed by atoms with Crippen molar-refractivity contribution in [2.75, 3.05) is 11.1 Å². The van der Waals surface area contributed by atoms with Gasteiger partial charge in [0.15, 0.2) is 0 Å². The number of benzene rings is 2. The summed E-state index contributed by atoms with van der Waals surface area (Å²) in [7, 11) is 0. The lowest BCUT2D eigenvalue weighted by Gasteiger charge is -2.09. The van der Waals surface area contributed by atoms with E-state index in [0.29, 0.717) is 11.3 Å². The van der Waals surface area contributed by atoms with Gasteiger partial charge in [0.25, 0.3) is 5.91 Å². The highest BCUT2D eigenvalue weighted by Gasteiger charge is 2.09. The van der Waals surface area contributed by atoms with Crippen molar-refractivity contribution >= 4 is 49.1 Å². The number of aryl methyl sites for hydroxylation is 1. The first kappa shape index (κ1) is 14.1. The lowest BCUT2D eigenvalue weighted by molar-refractivity contribution is 0.102. The summed E-state index contributed by atoms with van der Waals surface area (Å²) in [6, 6.07) is 10.9. The van der Waals surface area contributed by atoms with Gasteiger partial charge in [0.05, 0.1) is 0 Å². The molecule has 0 aromatic heterocycles. The third-order valence-electron chi connectivity index (χ3n) is 2.71. The van der Waals surface area contributed by atoms with Crippen LogP contribution < -0.4 is 11.1 Å². The second-order valence-corrected chi connectivity index (χ2v) is 5.92. The normalized spacial score (nSPS) is 10.3. The summed E-state index contributed by atoms with van der Waals surface area (Å²) in [6.45, 7) is 1.94. The Morgan fingerprint density at radius 2 is 1.89 bits per heavy atom. The van der Waals surface area contributed by atoms with Crippen LogP contribution in [0.5, 0.6) is 0 Å². The molecule has 3 N–H and O–H groups in total. The van der Waals surface area contributed by atoms with Crippen molar-refractivity contribution in [3.05, 3.63) is 56.5 Å². The van der Waals surface area contributed by atoms with Crippen molar-refractivity contribution in [2.24, 2.45) is 0 Å². The minimum absolute atomic E-state index is 0.180. The van der Waals surface area contributed by atoms with Crippen LogP contribution in [0.15, 0.2) is 45.3 Å². The minimum Gasteiger partial charge on any atom is -0.398 e. The summed E-state index contributed by atoms with van der Waals surface area (Å²) in [5, 5.41) is 2.87. The smallest absolute Gasteiger partial charge is 0.255 e. The van der Waals surface area contributed by atoms with Crippen LogP contribution in [-0.2, 0) is 0 Å². The first-order valence-corrected chi connectivity index (χ1v) is 7.18. The van der Waals surface area contributed by atoms with E-state index in [0.717, 1.165) is 20.2 Å². The number of hydrogen-bond acceptors (Lipinski definition) is 2. The van der Waals surface area contributed by atoms with E-state index in [1.807, 2.05) is 25.1 Å². The van der Waals surface area contributed by atoms with Crippen LogP contribution in [0, 0.1) is 6.92 Å². The van der Waals surface area contributed by atoms with Crippen LogP contribution in [0.3, 0.4) is 0 Å². The number of carbonyl (C=O) groups is 1. The molecular weight excluding hydrogens is 372 g/mol. The molecule has 2 aromatic rings. The van der Waals surface area contributed by atoms with Gasteiger partial charge in [0, 0.05) is 25.9 Å². The number of nitrogen functional groups attached to an aromatic ring is 1. The Morgan fingerprint density at radius 3 is 2.58 bits per heavy atom. The molecule has 0 saturated heterocycles. The van der Waals surface area contributed by atoms with Gasteiger partial charge in [0.1, 0.15) is 0 Å². The molecular formula is C14H12Br2N2O. The van der Waals surface area contributed by atoms with E-state index < -0.39 is 0 Å². The monoisotopic (exact) mass is 382 g/mol. The van der Waals surface area contributed by atoms with Crippen molar-refractivity contribution in [3.8, 4) is 0 Å². The van der Waals surface area contributed by atoms with E-state index in [1.54, 1.807) is 18.2 Å². The van der Waals surface area contributed by atoms with Crippen molar-refractivity contribution in [1.29, 1.82) is 0 Å². The summed E-state index contributed by atoms with van der Waals surface area (Å²) in [4.78, 5) is 12.1. The minimum atomic E-state index is -0.180. The predicted octanol–water partition coefficient (Wildman–Crippen LogP) is 4.35. The maximum absolute atomic E-state index is 12.1. The van der Waals surface area contributed by atoms with E-state index >= 15 is 0 Å². The van der Waals surface area contributed by atoms with Crippen molar-refractivity contribution in [2.45, 2.75) is 6.92 Å². The second kappa shape index (κ2) is 5.75. The molecule has 0 radical (unpaired) electrons. The number of amides is 1. The number of rotatable bonds is 2. The van der Waals surface area contributed by atoms with Gasteiger partial charge in [-0.25, -0.2) is 0 Å². The molecule has 0 aliphatic rings. The fraction of sp³-hybridized carbons (Fsp3) is 0.0714. The van der Waals surface area contributed by atoms with Crippen LogP contribution >= 0.6 is 31.9 Å². The molecule has 0 fully saturated rings. The molecule has 2 rings (SSSR count). The summed E-state index contributed by atoms with van der Waals surface area (Å²) < 4.78 is 1.70. The topological polar surface area (TPSA) is 55.1 Å². The maximum atomic E-state index is 12.1. The quantitative estimate of drug-likeness (QED) is 0.757. The van der Waals surface area contributed by atoms with E-state index in [-0.39, 0.29) is 5.91 Å². The SMILES string of the molecule is Cc1ccc(Br)cc1NC(=O)c1ccc(Br)c(N)c1. The van der Waals surface area contributed by atoms with Gasteiger partial charge in [0.2, 0.25) is 0 Å². The van der Waals surface area contributed by atoms with Gasteiger partial charge in [-0.1, -0.05) is 22.0 Å². The molecule has 0 aliphatic carbocycles. The Kier molecular flexibility index (Phi) is 4.27. The van der Waals surface area contributed by atoms with Crippen molar-refractivity contribution in [3.63, 3.8) is 0 Å².